The first-order valence-electron chi connectivity index (χ1n) is 9.35. The van der Waals surface area contributed by atoms with Crippen molar-refractivity contribution in [3.63, 3.8) is 0 Å². The number of amides is 2. The van der Waals surface area contributed by atoms with Crippen LogP contribution in [0, 0.1) is 12.8 Å². The molecule has 6 nitrogen and oxygen atoms in total. The van der Waals surface area contributed by atoms with E-state index in [0.717, 1.165) is 25.7 Å². The second kappa shape index (κ2) is 9.16. The van der Waals surface area contributed by atoms with E-state index < -0.39 is 5.97 Å². The van der Waals surface area contributed by atoms with E-state index in [1.54, 1.807) is 18.7 Å². The topological polar surface area (TPSA) is 75.7 Å². The SMILES string of the molecule is CCOC(=O)c1c(NC(=O)C2CCCC2)sc(C(=O)N(CC)CC)c1C. The van der Waals surface area contributed by atoms with Gasteiger partial charge in [0.15, 0.2) is 0 Å². The van der Waals surface area contributed by atoms with Crippen LogP contribution >= 0.6 is 11.3 Å². The van der Waals surface area contributed by atoms with Crippen molar-refractivity contribution in [3.8, 4) is 0 Å². The average Bonchev–Trinajstić information content (AvgIpc) is 3.24. The van der Waals surface area contributed by atoms with Crippen LogP contribution in [0.4, 0.5) is 5.00 Å². The fourth-order valence-electron chi connectivity index (χ4n) is 3.31. The number of nitrogens with zero attached hydrogens (tertiary/aromatic N) is 1. The lowest BCUT2D eigenvalue weighted by Gasteiger charge is -2.18. The van der Waals surface area contributed by atoms with Gasteiger partial charge in [-0.1, -0.05) is 12.8 Å². The quantitative estimate of drug-likeness (QED) is 0.729. The predicted molar refractivity (Wildman–Crippen MR) is 103 cm³/mol. The molecule has 1 aliphatic carbocycles. The van der Waals surface area contributed by atoms with Gasteiger partial charge in [-0.3, -0.25) is 9.59 Å². The summed E-state index contributed by atoms with van der Waals surface area (Å²) >= 11 is 1.17. The van der Waals surface area contributed by atoms with Gasteiger partial charge in [0.1, 0.15) is 5.00 Å². The first kappa shape index (κ1) is 20.4. The first-order chi connectivity index (χ1) is 12.4. The fourth-order valence-corrected chi connectivity index (χ4v) is 4.48. The largest absolute Gasteiger partial charge is 0.462 e. The number of carbonyl (C=O) groups is 3. The Bertz CT molecular complexity index is 673. The number of thiophene rings is 1. The normalized spacial score (nSPS) is 14.3. The van der Waals surface area contributed by atoms with Crippen LogP contribution in [0.3, 0.4) is 0 Å². The Morgan fingerprint density at radius 3 is 2.31 bits per heavy atom. The van der Waals surface area contributed by atoms with Crippen molar-refractivity contribution in [1.82, 2.24) is 4.90 Å². The molecule has 7 heteroatoms. The molecule has 2 rings (SSSR count). The summed E-state index contributed by atoms with van der Waals surface area (Å²) in [4.78, 5) is 40.0. The van der Waals surface area contributed by atoms with Gasteiger partial charge in [-0.2, -0.15) is 0 Å². The molecule has 144 valence electrons. The van der Waals surface area contributed by atoms with Gasteiger partial charge < -0.3 is 15.0 Å². The third-order valence-electron chi connectivity index (χ3n) is 4.83. The van der Waals surface area contributed by atoms with E-state index >= 15 is 0 Å². The Morgan fingerprint density at radius 2 is 1.77 bits per heavy atom. The van der Waals surface area contributed by atoms with Crippen LogP contribution in [0.2, 0.25) is 0 Å². The summed E-state index contributed by atoms with van der Waals surface area (Å²) in [5.41, 5.74) is 0.880. The number of hydrogen-bond acceptors (Lipinski definition) is 5. The lowest BCUT2D eigenvalue weighted by molar-refractivity contribution is -0.119. The lowest BCUT2D eigenvalue weighted by atomic mass is 10.1. The number of esters is 1. The van der Waals surface area contributed by atoms with Gasteiger partial charge in [-0.15, -0.1) is 11.3 Å². The third kappa shape index (κ3) is 4.26. The molecule has 0 aliphatic heterocycles. The van der Waals surface area contributed by atoms with Gasteiger partial charge in [-0.25, -0.2) is 4.79 Å². The minimum Gasteiger partial charge on any atom is -0.462 e. The van der Waals surface area contributed by atoms with Gasteiger partial charge in [0.2, 0.25) is 5.91 Å². The van der Waals surface area contributed by atoms with Crippen molar-refractivity contribution in [2.75, 3.05) is 25.0 Å². The Labute approximate surface area is 158 Å². The third-order valence-corrected chi connectivity index (χ3v) is 6.03. The first-order valence-corrected chi connectivity index (χ1v) is 10.2. The number of ether oxygens (including phenoxy) is 1. The van der Waals surface area contributed by atoms with Gasteiger partial charge in [0.05, 0.1) is 17.0 Å². The summed E-state index contributed by atoms with van der Waals surface area (Å²) in [5, 5.41) is 3.32. The standard InChI is InChI=1S/C19H28N2O4S/c1-5-21(6-2)18(23)15-12(4)14(19(24)25-7-3)17(26-15)20-16(22)13-10-8-9-11-13/h13H,5-11H2,1-4H3,(H,20,22). The van der Waals surface area contributed by atoms with Crippen LogP contribution in [0.1, 0.15) is 72.0 Å². The van der Waals surface area contributed by atoms with Gasteiger partial charge in [0, 0.05) is 19.0 Å². The molecule has 1 aromatic rings. The van der Waals surface area contributed by atoms with Crippen LogP contribution in [0.25, 0.3) is 0 Å². The molecule has 0 unspecified atom stereocenters. The maximum atomic E-state index is 12.8. The van der Waals surface area contributed by atoms with Crippen LogP contribution in [-0.4, -0.2) is 42.4 Å². The van der Waals surface area contributed by atoms with Crippen molar-refractivity contribution in [1.29, 1.82) is 0 Å². The zero-order valence-corrected chi connectivity index (χ0v) is 16.8. The predicted octanol–water partition coefficient (Wildman–Crippen LogP) is 3.84. The number of rotatable bonds is 7. The molecule has 2 amide bonds. The van der Waals surface area contributed by atoms with E-state index in [1.807, 2.05) is 13.8 Å². The van der Waals surface area contributed by atoms with E-state index in [9.17, 15) is 14.4 Å². The second-order valence-electron chi connectivity index (χ2n) is 6.43. The molecule has 26 heavy (non-hydrogen) atoms. The Morgan fingerprint density at radius 1 is 1.15 bits per heavy atom. The zero-order chi connectivity index (χ0) is 19.3. The Kier molecular flexibility index (Phi) is 7.20. The molecule has 0 bridgehead atoms. The monoisotopic (exact) mass is 380 g/mol. The van der Waals surface area contributed by atoms with Crippen molar-refractivity contribution >= 4 is 34.1 Å². The molecule has 1 N–H and O–H groups in total. The van der Waals surface area contributed by atoms with E-state index in [4.69, 9.17) is 4.74 Å². The summed E-state index contributed by atoms with van der Waals surface area (Å²) < 4.78 is 5.15. The maximum Gasteiger partial charge on any atom is 0.341 e. The summed E-state index contributed by atoms with van der Waals surface area (Å²) in [6.45, 7) is 8.72. The average molecular weight is 381 g/mol. The number of hydrogen-bond donors (Lipinski definition) is 1. The Hall–Kier alpha value is -1.89. The molecule has 1 saturated carbocycles. The van der Waals surface area contributed by atoms with Gasteiger partial charge in [0.25, 0.3) is 5.91 Å². The van der Waals surface area contributed by atoms with Gasteiger partial charge >= 0.3 is 5.97 Å². The highest BCUT2D eigenvalue weighted by atomic mass is 32.1. The van der Waals surface area contributed by atoms with Crippen molar-refractivity contribution in [2.45, 2.75) is 53.4 Å². The smallest absolute Gasteiger partial charge is 0.341 e. The van der Waals surface area contributed by atoms with Crippen LogP contribution in [0.5, 0.6) is 0 Å². The molecule has 1 heterocycles. The molecule has 1 aliphatic rings. The Balaban J connectivity index is 2.37. The molecule has 0 atom stereocenters. The van der Waals surface area contributed by atoms with Crippen molar-refractivity contribution in [2.24, 2.45) is 5.92 Å². The summed E-state index contributed by atoms with van der Waals surface area (Å²) in [6.07, 6.45) is 3.85. The number of anilines is 1. The van der Waals surface area contributed by atoms with E-state index in [0.29, 0.717) is 34.1 Å². The molecule has 1 aromatic heterocycles. The van der Waals surface area contributed by atoms with Crippen molar-refractivity contribution in [3.05, 3.63) is 16.0 Å². The lowest BCUT2D eigenvalue weighted by Crippen LogP contribution is -2.30. The van der Waals surface area contributed by atoms with Crippen LogP contribution in [-0.2, 0) is 9.53 Å². The fraction of sp³-hybridized carbons (Fsp3) is 0.632. The minimum absolute atomic E-state index is 0.0191. The van der Waals surface area contributed by atoms with Crippen LogP contribution in [0.15, 0.2) is 0 Å². The molecule has 0 radical (unpaired) electrons. The highest BCUT2D eigenvalue weighted by Gasteiger charge is 2.30. The summed E-state index contributed by atoms with van der Waals surface area (Å²) in [5.74, 6) is -0.712. The molecular formula is C19H28N2O4S. The van der Waals surface area contributed by atoms with E-state index in [-0.39, 0.29) is 24.3 Å². The molecule has 0 saturated heterocycles. The van der Waals surface area contributed by atoms with E-state index in [2.05, 4.69) is 5.32 Å². The second-order valence-corrected chi connectivity index (χ2v) is 7.45. The highest BCUT2D eigenvalue weighted by molar-refractivity contribution is 7.18. The maximum absolute atomic E-state index is 12.8. The number of carbonyl (C=O) groups excluding carboxylic acids is 3. The van der Waals surface area contributed by atoms with Crippen LogP contribution < -0.4 is 5.32 Å². The molecule has 0 spiro atoms. The van der Waals surface area contributed by atoms with Crippen molar-refractivity contribution < 1.29 is 19.1 Å². The minimum atomic E-state index is -0.499. The van der Waals surface area contributed by atoms with E-state index in [1.165, 1.54) is 11.3 Å². The number of nitrogens with one attached hydrogen (secondary N) is 1. The molecule has 0 aromatic carbocycles. The highest BCUT2D eigenvalue weighted by Crippen LogP contribution is 2.36. The molecular weight excluding hydrogens is 352 g/mol. The summed E-state index contributed by atoms with van der Waals surface area (Å²) in [6, 6.07) is 0. The van der Waals surface area contributed by atoms with Gasteiger partial charge in [-0.05, 0) is 46.1 Å². The summed E-state index contributed by atoms with van der Waals surface area (Å²) in [7, 11) is 0. The zero-order valence-electron chi connectivity index (χ0n) is 16.0. The molecule has 1 fully saturated rings.